The summed E-state index contributed by atoms with van der Waals surface area (Å²) >= 11 is 0. The molecule has 0 aliphatic heterocycles. The Hall–Kier alpha value is -2.96. The molecule has 0 atom stereocenters. The van der Waals surface area contributed by atoms with Gasteiger partial charge in [0.1, 0.15) is 24.0 Å². The number of rotatable bonds is 5. The molecular formula is C17H16F2N2O3. The van der Waals surface area contributed by atoms with Crippen LogP contribution in [-0.4, -0.2) is 25.0 Å². The average molecular weight is 334 g/mol. The first-order valence-electron chi connectivity index (χ1n) is 7.19. The fourth-order valence-corrected chi connectivity index (χ4v) is 1.89. The number of hydrogen-bond donors (Lipinski definition) is 2. The minimum absolute atomic E-state index is 0.103. The van der Waals surface area contributed by atoms with Gasteiger partial charge in [-0.05, 0) is 36.8 Å². The van der Waals surface area contributed by atoms with Gasteiger partial charge in [-0.15, -0.1) is 0 Å². The molecule has 0 fully saturated rings. The topological polar surface area (TPSA) is 67.4 Å². The number of benzene rings is 2. The minimum Gasteiger partial charge on any atom is -0.492 e. The van der Waals surface area contributed by atoms with E-state index in [1.54, 1.807) is 6.07 Å². The zero-order valence-electron chi connectivity index (χ0n) is 12.9. The molecule has 2 aromatic rings. The lowest BCUT2D eigenvalue weighted by Gasteiger charge is -2.09. The first kappa shape index (κ1) is 17.4. The standard InChI is InChI=1S/C17H16F2N2O3/c1-11-3-2-4-13(9-11)24-8-7-20-16(22)17(23)21-15-6-5-12(18)10-14(15)19/h2-6,9-10H,7-8H2,1H3,(H,20,22)(H,21,23). The maximum Gasteiger partial charge on any atom is 0.313 e. The summed E-state index contributed by atoms with van der Waals surface area (Å²) in [7, 11) is 0. The largest absolute Gasteiger partial charge is 0.492 e. The summed E-state index contributed by atoms with van der Waals surface area (Å²) in [6.07, 6.45) is 0. The van der Waals surface area contributed by atoms with Gasteiger partial charge in [0.15, 0.2) is 0 Å². The molecule has 0 radical (unpaired) electrons. The molecular weight excluding hydrogens is 318 g/mol. The summed E-state index contributed by atoms with van der Waals surface area (Å²) in [5.74, 6) is -3.06. The fraction of sp³-hybridized carbons (Fsp3) is 0.176. The van der Waals surface area contributed by atoms with Crippen LogP contribution < -0.4 is 15.4 Å². The summed E-state index contributed by atoms with van der Waals surface area (Å²) in [6, 6.07) is 10.0. The molecule has 0 unspecified atom stereocenters. The zero-order valence-corrected chi connectivity index (χ0v) is 12.9. The number of carbonyl (C=O) groups is 2. The number of nitrogens with one attached hydrogen (secondary N) is 2. The van der Waals surface area contributed by atoms with E-state index < -0.39 is 23.4 Å². The molecule has 2 rings (SSSR count). The van der Waals surface area contributed by atoms with Crippen molar-refractivity contribution in [1.82, 2.24) is 5.32 Å². The Morgan fingerprint density at radius 3 is 2.58 bits per heavy atom. The quantitative estimate of drug-likeness (QED) is 0.652. The highest BCUT2D eigenvalue weighted by Gasteiger charge is 2.15. The highest BCUT2D eigenvalue weighted by atomic mass is 19.1. The summed E-state index contributed by atoms with van der Waals surface area (Å²) in [4.78, 5) is 23.2. The Morgan fingerprint density at radius 2 is 1.88 bits per heavy atom. The van der Waals surface area contributed by atoms with Gasteiger partial charge in [-0.25, -0.2) is 8.78 Å². The lowest BCUT2D eigenvalue weighted by Crippen LogP contribution is -2.37. The van der Waals surface area contributed by atoms with Crippen molar-refractivity contribution in [3.63, 3.8) is 0 Å². The first-order valence-corrected chi connectivity index (χ1v) is 7.19. The van der Waals surface area contributed by atoms with Gasteiger partial charge in [0.2, 0.25) is 0 Å². The lowest BCUT2D eigenvalue weighted by molar-refractivity contribution is -0.136. The predicted molar refractivity (Wildman–Crippen MR) is 84.7 cm³/mol. The van der Waals surface area contributed by atoms with Gasteiger partial charge in [0.05, 0.1) is 12.2 Å². The first-order chi connectivity index (χ1) is 11.5. The Kier molecular flexibility index (Phi) is 5.83. The summed E-state index contributed by atoms with van der Waals surface area (Å²) in [5.41, 5.74) is 0.768. The van der Waals surface area contributed by atoms with Crippen molar-refractivity contribution < 1.29 is 23.1 Å². The van der Waals surface area contributed by atoms with E-state index in [1.165, 1.54) is 0 Å². The van der Waals surface area contributed by atoms with E-state index >= 15 is 0 Å². The van der Waals surface area contributed by atoms with Crippen LogP contribution in [0.5, 0.6) is 5.75 Å². The third-order valence-corrected chi connectivity index (χ3v) is 3.03. The Morgan fingerprint density at radius 1 is 1.08 bits per heavy atom. The SMILES string of the molecule is Cc1cccc(OCCNC(=O)C(=O)Nc2ccc(F)cc2F)c1. The summed E-state index contributed by atoms with van der Waals surface area (Å²) < 4.78 is 31.6. The van der Waals surface area contributed by atoms with Gasteiger partial charge in [-0.1, -0.05) is 12.1 Å². The summed E-state index contributed by atoms with van der Waals surface area (Å²) in [5, 5.41) is 4.42. The van der Waals surface area contributed by atoms with Crippen molar-refractivity contribution >= 4 is 17.5 Å². The van der Waals surface area contributed by atoms with Crippen LogP contribution in [0.3, 0.4) is 0 Å². The molecule has 2 aromatic carbocycles. The number of hydrogen-bond acceptors (Lipinski definition) is 3. The molecule has 126 valence electrons. The van der Waals surface area contributed by atoms with Gasteiger partial charge in [0, 0.05) is 6.07 Å². The molecule has 0 aliphatic rings. The van der Waals surface area contributed by atoms with Crippen LogP contribution in [0.4, 0.5) is 14.5 Å². The second-order valence-electron chi connectivity index (χ2n) is 5.00. The van der Waals surface area contributed by atoms with E-state index in [-0.39, 0.29) is 18.8 Å². The van der Waals surface area contributed by atoms with Gasteiger partial charge >= 0.3 is 11.8 Å². The zero-order chi connectivity index (χ0) is 17.5. The monoisotopic (exact) mass is 334 g/mol. The van der Waals surface area contributed by atoms with Crippen LogP contribution in [0.15, 0.2) is 42.5 Å². The highest BCUT2D eigenvalue weighted by Crippen LogP contribution is 2.14. The van der Waals surface area contributed by atoms with E-state index in [9.17, 15) is 18.4 Å². The van der Waals surface area contributed by atoms with E-state index in [0.29, 0.717) is 11.8 Å². The second kappa shape index (κ2) is 8.05. The fourth-order valence-electron chi connectivity index (χ4n) is 1.89. The Balaban J connectivity index is 1.76. The smallest absolute Gasteiger partial charge is 0.313 e. The third-order valence-electron chi connectivity index (χ3n) is 3.03. The van der Waals surface area contributed by atoms with E-state index in [2.05, 4.69) is 10.6 Å². The molecule has 0 saturated carbocycles. The molecule has 0 aliphatic carbocycles. The van der Waals surface area contributed by atoms with Crippen molar-refractivity contribution in [1.29, 1.82) is 0 Å². The van der Waals surface area contributed by atoms with Gasteiger partial charge in [-0.3, -0.25) is 9.59 Å². The lowest BCUT2D eigenvalue weighted by atomic mass is 10.2. The normalized spacial score (nSPS) is 10.1. The number of aryl methyl sites for hydroxylation is 1. The maximum absolute atomic E-state index is 13.4. The molecule has 2 amide bonds. The van der Waals surface area contributed by atoms with Crippen molar-refractivity contribution in [2.75, 3.05) is 18.5 Å². The molecule has 0 saturated heterocycles. The van der Waals surface area contributed by atoms with Crippen molar-refractivity contribution in [3.8, 4) is 5.75 Å². The minimum atomic E-state index is -1.05. The van der Waals surface area contributed by atoms with Gasteiger partial charge < -0.3 is 15.4 Å². The number of halogens is 2. The highest BCUT2D eigenvalue weighted by molar-refractivity contribution is 6.39. The maximum atomic E-state index is 13.4. The Labute approximate surface area is 137 Å². The number of ether oxygens (including phenoxy) is 1. The molecule has 0 aromatic heterocycles. The Bertz CT molecular complexity index is 750. The third kappa shape index (κ3) is 5.05. The van der Waals surface area contributed by atoms with Crippen LogP contribution in [0.25, 0.3) is 0 Å². The van der Waals surface area contributed by atoms with Crippen LogP contribution in [-0.2, 0) is 9.59 Å². The summed E-state index contributed by atoms with van der Waals surface area (Å²) in [6.45, 7) is 2.20. The molecule has 0 bridgehead atoms. The van der Waals surface area contributed by atoms with Crippen molar-refractivity contribution in [2.24, 2.45) is 0 Å². The molecule has 5 nitrogen and oxygen atoms in total. The molecule has 0 spiro atoms. The van der Waals surface area contributed by atoms with Crippen LogP contribution in [0.1, 0.15) is 5.56 Å². The number of anilines is 1. The van der Waals surface area contributed by atoms with E-state index in [0.717, 1.165) is 17.7 Å². The van der Waals surface area contributed by atoms with E-state index in [4.69, 9.17) is 4.74 Å². The average Bonchev–Trinajstić information content (AvgIpc) is 2.54. The van der Waals surface area contributed by atoms with Crippen LogP contribution >= 0.6 is 0 Å². The van der Waals surface area contributed by atoms with Crippen molar-refractivity contribution in [3.05, 3.63) is 59.7 Å². The molecule has 7 heteroatoms. The molecule has 0 heterocycles. The number of carbonyl (C=O) groups excluding carboxylic acids is 2. The van der Waals surface area contributed by atoms with E-state index in [1.807, 2.05) is 25.1 Å². The second-order valence-corrected chi connectivity index (χ2v) is 5.00. The van der Waals surface area contributed by atoms with Crippen molar-refractivity contribution in [2.45, 2.75) is 6.92 Å². The van der Waals surface area contributed by atoms with Crippen LogP contribution in [0.2, 0.25) is 0 Å². The van der Waals surface area contributed by atoms with Gasteiger partial charge in [0.25, 0.3) is 0 Å². The molecule has 24 heavy (non-hydrogen) atoms. The van der Waals surface area contributed by atoms with Crippen LogP contribution in [0, 0.1) is 18.6 Å². The van der Waals surface area contributed by atoms with Gasteiger partial charge in [-0.2, -0.15) is 0 Å². The number of amides is 2. The predicted octanol–water partition coefficient (Wildman–Crippen LogP) is 2.41. The molecule has 2 N–H and O–H groups in total.